The molecule has 7 atom stereocenters. The summed E-state index contributed by atoms with van der Waals surface area (Å²) in [5.41, 5.74) is -3.23. The number of hydrogen-bond donors (Lipinski definition) is 7. The Hall–Kier alpha value is -4.53. The molecule has 0 bridgehead atoms. The average molecular weight is 1350 g/mol. The van der Waals surface area contributed by atoms with Crippen molar-refractivity contribution in [3.8, 4) is 0 Å². The smallest absolute Gasteiger partial charge is 0.383 e. The molecular weight excluding hydrogens is 1270 g/mol. The van der Waals surface area contributed by atoms with Gasteiger partial charge in [-0.2, -0.15) is 70.2 Å². The van der Waals surface area contributed by atoms with Crippen LogP contribution in [0.3, 0.4) is 0 Å². The normalized spacial score (nSPS) is 16.7. The number of amides is 5. The lowest BCUT2D eigenvalue weighted by Crippen LogP contribution is -2.67. The summed E-state index contributed by atoms with van der Waals surface area (Å²) >= 11 is 0. The largest absolute Gasteiger partial charge is 0.434 e. The zero-order valence-electron chi connectivity index (χ0n) is 51.6. The molecule has 0 rings (SSSR count). The summed E-state index contributed by atoms with van der Waals surface area (Å²) in [7, 11) is 0. The van der Waals surface area contributed by atoms with Crippen LogP contribution >= 0.6 is 0 Å². The van der Waals surface area contributed by atoms with E-state index in [1.165, 1.54) is 4.90 Å². The van der Waals surface area contributed by atoms with E-state index in [1.54, 1.807) is 45.3 Å². The molecule has 0 spiro atoms. The Bertz CT molecular complexity index is 2240. The van der Waals surface area contributed by atoms with E-state index in [0.717, 1.165) is 0 Å². The molecule has 20 nitrogen and oxygen atoms in total. The molecule has 0 aromatic rings. The van der Waals surface area contributed by atoms with Gasteiger partial charge in [0.1, 0.15) is 29.8 Å². The molecule has 0 aromatic carbocycles. The summed E-state index contributed by atoms with van der Waals surface area (Å²) < 4.78 is 261. The number of Topliss-reactive ketones (excluding diaryl/α,β-unsaturated/α-hetero) is 1. The van der Waals surface area contributed by atoms with E-state index < -0.39 is 165 Å². The van der Waals surface area contributed by atoms with Crippen molar-refractivity contribution in [3.05, 3.63) is 0 Å². The Morgan fingerprint density at radius 3 is 1.58 bits per heavy atom. The van der Waals surface area contributed by atoms with Crippen LogP contribution in [-0.4, -0.2) is 195 Å². The zero-order chi connectivity index (χ0) is 70.3. The molecule has 0 aliphatic rings. The van der Waals surface area contributed by atoms with Crippen molar-refractivity contribution in [2.24, 2.45) is 29.2 Å². The highest BCUT2D eigenvalue weighted by atomic mass is 19.4. The van der Waals surface area contributed by atoms with Crippen LogP contribution < -0.4 is 32.7 Å². The van der Waals surface area contributed by atoms with E-state index in [1.807, 2.05) is 13.8 Å². The molecule has 37 heteroatoms. The Morgan fingerprint density at radius 2 is 1.07 bits per heavy atom. The Labute approximate surface area is 510 Å². The van der Waals surface area contributed by atoms with Crippen molar-refractivity contribution in [2.75, 3.05) is 72.5 Å². The van der Waals surface area contributed by atoms with Crippen molar-refractivity contribution >= 4 is 35.3 Å². The van der Waals surface area contributed by atoms with Crippen molar-refractivity contribution in [1.82, 2.24) is 26.2 Å². The van der Waals surface area contributed by atoms with E-state index >= 15 is 4.39 Å². The van der Waals surface area contributed by atoms with Gasteiger partial charge in [-0.1, -0.05) is 20.8 Å². The monoisotopic (exact) mass is 1350 g/mol. The third-order valence-corrected chi connectivity index (χ3v) is 13.7. The van der Waals surface area contributed by atoms with Crippen molar-refractivity contribution in [3.63, 3.8) is 0 Å². The van der Waals surface area contributed by atoms with Gasteiger partial charge in [-0.25, -0.2) is 4.39 Å². The zero-order valence-corrected chi connectivity index (χ0v) is 51.6. The number of ether oxygens (including phenoxy) is 6. The second-order valence-corrected chi connectivity index (χ2v) is 23.6. The van der Waals surface area contributed by atoms with Gasteiger partial charge in [0.2, 0.25) is 23.8 Å². The van der Waals surface area contributed by atoms with Gasteiger partial charge in [-0.15, -0.1) is 0 Å². The molecule has 7 unspecified atom stereocenters. The van der Waals surface area contributed by atoms with Gasteiger partial charge in [0.05, 0.1) is 50.5 Å². The van der Waals surface area contributed by atoms with Crippen LogP contribution in [0.15, 0.2) is 0 Å². The fourth-order valence-electron chi connectivity index (χ4n) is 7.79. The van der Waals surface area contributed by atoms with Gasteiger partial charge >= 0.3 is 36.6 Å². The van der Waals surface area contributed by atoms with Crippen LogP contribution in [0.2, 0.25) is 0 Å². The second-order valence-electron chi connectivity index (χ2n) is 23.6. The topological polar surface area (TPSA) is 281 Å². The van der Waals surface area contributed by atoms with Gasteiger partial charge in [0, 0.05) is 70.9 Å². The Morgan fingerprint density at radius 1 is 0.556 bits per heavy atom. The standard InChI is InChI=1S/C53H86F17N7O13/c1-32(2)11-14-39(82)77(25-28-86-43(4,5)17-15-34(78)33(3)12-13-37(80)73-20-22-75-41(83)40(52(65,66)67)90-48(57,72)29-36(79)51(62,63)64)24-27-85-31-89-44(6,7)18-16-38(81)74-21-23-76-42(84)49(58,53(68,69)70)45(8,9)88-30-35(50(59,60)61)46(10,71)87-26-19-47(54,55)56/h32-33,35-36,40,79H,11-31,71-72H2,1-10H3,(H,73,80)(H,74,81)(H,75,83)(H,76,84). The van der Waals surface area contributed by atoms with E-state index in [9.17, 15) is 99.0 Å². The van der Waals surface area contributed by atoms with E-state index in [4.69, 9.17) is 35.5 Å². The van der Waals surface area contributed by atoms with Crippen LogP contribution in [0.1, 0.15) is 133 Å². The number of nitrogens with one attached hydrogen (secondary N) is 4. The maximum absolute atomic E-state index is 15.9. The average Bonchev–Trinajstić information content (AvgIpc) is 0.756. The first-order valence-electron chi connectivity index (χ1n) is 28.2. The van der Waals surface area contributed by atoms with E-state index in [2.05, 4.69) is 20.1 Å². The number of hydrogen-bond acceptors (Lipinski definition) is 15. The number of halogens is 17. The SMILES string of the molecule is CC(C)CCC(=O)N(CCOCOC(C)(C)CCC(=O)NCCNC(=O)C(F)(C(F)(F)F)C(C)(C)OCC(C(F)(F)F)C(C)(N)OCCC(F)(F)F)CCOC(C)(C)CCC(=O)C(C)CCC(=O)NCCNC(=O)C(OC(N)(F)CC(O)C(F)(F)F)C(F)(F)F. The fourth-order valence-corrected chi connectivity index (χ4v) is 7.79. The lowest BCUT2D eigenvalue weighted by atomic mass is 9.85. The predicted molar refractivity (Wildman–Crippen MR) is 285 cm³/mol. The number of rotatable bonds is 43. The van der Waals surface area contributed by atoms with Crippen LogP contribution in [-0.2, 0) is 57.2 Å². The van der Waals surface area contributed by atoms with Crippen molar-refractivity contribution < 1.29 is 137 Å². The molecule has 90 heavy (non-hydrogen) atoms. The highest BCUT2D eigenvalue weighted by molar-refractivity contribution is 5.88. The van der Waals surface area contributed by atoms with Gasteiger partial charge in [0.25, 0.3) is 17.8 Å². The lowest BCUT2D eigenvalue weighted by Gasteiger charge is -2.42. The summed E-state index contributed by atoms with van der Waals surface area (Å²) in [6, 6.07) is 0. The first-order valence-corrected chi connectivity index (χ1v) is 28.2. The first kappa shape index (κ1) is 85.5. The molecule has 0 aliphatic heterocycles. The van der Waals surface area contributed by atoms with E-state index in [0.29, 0.717) is 27.2 Å². The van der Waals surface area contributed by atoms with E-state index in [-0.39, 0.29) is 95.7 Å². The number of aliphatic hydroxyl groups excluding tert-OH is 1. The summed E-state index contributed by atoms with van der Waals surface area (Å²) in [5.74, 6) is -14.1. The minimum atomic E-state index is -6.12. The maximum Gasteiger partial charge on any atom is 0.434 e. The number of carbonyl (C=O) groups is 6. The predicted octanol–water partition coefficient (Wildman–Crippen LogP) is 7.56. The summed E-state index contributed by atoms with van der Waals surface area (Å²) in [6.45, 7) is 7.22. The maximum atomic E-state index is 15.9. The van der Waals surface area contributed by atoms with Crippen LogP contribution in [0.4, 0.5) is 74.6 Å². The molecule has 0 heterocycles. The highest BCUT2D eigenvalue weighted by Crippen LogP contribution is 2.46. The van der Waals surface area contributed by atoms with Gasteiger partial charge in [-0.05, 0) is 80.1 Å². The minimum absolute atomic E-state index is 0.00610. The number of nitrogens with zero attached hydrogens (tertiary/aromatic N) is 1. The van der Waals surface area contributed by atoms with Crippen LogP contribution in [0, 0.1) is 17.8 Å². The number of carbonyl (C=O) groups excluding carboxylic acids is 6. The molecule has 530 valence electrons. The molecule has 9 N–H and O–H groups in total. The quantitative estimate of drug-likeness (QED) is 0.0134. The molecule has 0 saturated heterocycles. The molecule has 0 fully saturated rings. The number of nitrogens with two attached hydrogens (primary N) is 2. The number of aliphatic hydroxyl groups is 1. The second kappa shape index (κ2) is 35.7. The van der Waals surface area contributed by atoms with Gasteiger partial charge in [0.15, 0.2) is 6.10 Å². The molecule has 0 aliphatic carbocycles. The van der Waals surface area contributed by atoms with Gasteiger partial charge < -0.3 is 65.4 Å². The summed E-state index contributed by atoms with van der Waals surface area (Å²) in [4.78, 5) is 77.6. The molecule has 0 aromatic heterocycles. The molecule has 0 radical (unpaired) electrons. The molecule has 5 amide bonds. The highest BCUT2D eigenvalue weighted by Gasteiger charge is 2.71. The third-order valence-electron chi connectivity index (χ3n) is 13.7. The minimum Gasteiger partial charge on any atom is -0.383 e. The molecular formula is C53H86F17N7O13. The lowest BCUT2D eigenvalue weighted by molar-refractivity contribution is -0.296. The van der Waals surface area contributed by atoms with Crippen molar-refractivity contribution in [2.45, 2.75) is 211 Å². The Kier molecular flexibility index (Phi) is 33.9. The fraction of sp³-hybridized carbons (Fsp3) is 0.887. The van der Waals surface area contributed by atoms with Gasteiger partial charge in [-0.3, -0.25) is 34.5 Å². The summed E-state index contributed by atoms with van der Waals surface area (Å²) in [5, 5.41) is 16.8. The van der Waals surface area contributed by atoms with Crippen molar-refractivity contribution in [1.29, 1.82) is 0 Å². The molecule has 0 saturated carbocycles. The van der Waals surface area contributed by atoms with Crippen LogP contribution in [0.5, 0.6) is 0 Å². The number of alkyl halides is 17. The van der Waals surface area contributed by atoms with Crippen LogP contribution in [0.25, 0.3) is 0 Å². The summed E-state index contributed by atoms with van der Waals surface area (Å²) in [6.07, 6.45) is -38.2. The first-order chi connectivity index (χ1) is 40.5. The third kappa shape index (κ3) is 32.8. The Balaban J connectivity index is 5.15. The number of ketones is 1.